The van der Waals surface area contributed by atoms with Crippen LogP contribution < -0.4 is 10.1 Å². The topological polar surface area (TPSA) is 67.8 Å². The SMILES string of the molecule is CC1=CC2(Nc3cc(C)c(C)c(Br)c3O2)/C(=C(\C)O)C(=O)O1. The van der Waals surface area contributed by atoms with E-state index in [0.29, 0.717) is 11.5 Å². The molecule has 1 aromatic carbocycles. The van der Waals surface area contributed by atoms with E-state index in [1.165, 1.54) is 6.92 Å². The second-order valence-electron chi connectivity index (χ2n) is 5.58. The predicted octanol–water partition coefficient (Wildman–Crippen LogP) is 3.86. The minimum absolute atomic E-state index is 0.0523. The molecule has 2 N–H and O–H groups in total. The van der Waals surface area contributed by atoms with Gasteiger partial charge in [-0.25, -0.2) is 4.79 Å². The largest absolute Gasteiger partial charge is 0.512 e. The first-order chi connectivity index (χ1) is 10.2. The second-order valence-corrected chi connectivity index (χ2v) is 6.37. The third-order valence-corrected chi connectivity index (χ3v) is 4.86. The van der Waals surface area contributed by atoms with Gasteiger partial charge >= 0.3 is 5.97 Å². The molecule has 116 valence electrons. The maximum absolute atomic E-state index is 12.2. The van der Waals surface area contributed by atoms with Crippen LogP contribution in [0.4, 0.5) is 5.69 Å². The van der Waals surface area contributed by atoms with Crippen molar-refractivity contribution < 1.29 is 19.4 Å². The summed E-state index contributed by atoms with van der Waals surface area (Å²) < 4.78 is 12.0. The molecule has 2 heterocycles. The Morgan fingerprint density at radius 2 is 2.05 bits per heavy atom. The van der Waals surface area contributed by atoms with Crippen LogP contribution in [0.15, 0.2) is 33.7 Å². The van der Waals surface area contributed by atoms with Gasteiger partial charge in [0.1, 0.15) is 17.1 Å². The number of hydrogen-bond acceptors (Lipinski definition) is 5. The smallest absolute Gasteiger partial charge is 0.349 e. The van der Waals surface area contributed by atoms with E-state index >= 15 is 0 Å². The van der Waals surface area contributed by atoms with Gasteiger partial charge in [-0.1, -0.05) is 0 Å². The lowest BCUT2D eigenvalue weighted by Gasteiger charge is -2.31. The number of aryl methyl sites for hydroxylation is 1. The molecule has 0 radical (unpaired) electrons. The Morgan fingerprint density at radius 1 is 1.36 bits per heavy atom. The van der Waals surface area contributed by atoms with Crippen molar-refractivity contribution >= 4 is 27.6 Å². The van der Waals surface area contributed by atoms with Gasteiger partial charge in [-0.2, -0.15) is 0 Å². The molecule has 3 rings (SSSR count). The standard InChI is InChI=1S/C16H16BrNO4/c1-7-5-11-14(13(17)9(7)3)22-16(18-11)6-8(2)21-15(20)12(16)10(4)19/h5-6,18-19H,1-4H3/b12-10+. The first-order valence-corrected chi connectivity index (χ1v) is 7.63. The minimum atomic E-state index is -1.25. The molecule has 6 heteroatoms. The summed E-state index contributed by atoms with van der Waals surface area (Å²) in [6.07, 6.45) is 1.65. The summed E-state index contributed by atoms with van der Waals surface area (Å²) in [5.74, 6) is 0.268. The molecule has 2 aliphatic rings. The molecule has 0 bridgehead atoms. The van der Waals surface area contributed by atoms with Crippen molar-refractivity contribution in [3.8, 4) is 5.75 Å². The molecule has 5 nitrogen and oxygen atoms in total. The fourth-order valence-electron chi connectivity index (χ4n) is 2.76. The summed E-state index contributed by atoms with van der Waals surface area (Å²) in [4.78, 5) is 12.2. The predicted molar refractivity (Wildman–Crippen MR) is 85.8 cm³/mol. The van der Waals surface area contributed by atoms with E-state index in [0.717, 1.165) is 21.3 Å². The average Bonchev–Trinajstić information content (AvgIpc) is 2.73. The molecule has 0 aromatic heterocycles. The Balaban J connectivity index is 2.21. The highest BCUT2D eigenvalue weighted by molar-refractivity contribution is 9.10. The van der Waals surface area contributed by atoms with Crippen LogP contribution in [-0.4, -0.2) is 16.8 Å². The van der Waals surface area contributed by atoms with Gasteiger partial charge < -0.3 is 19.9 Å². The van der Waals surface area contributed by atoms with E-state index in [9.17, 15) is 9.90 Å². The summed E-state index contributed by atoms with van der Waals surface area (Å²) >= 11 is 3.54. The molecule has 22 heavy (non-hydrogen) atoms. The van der Waals surface area contributed by atoms with E-state index < -0.39 is 11.7 Å². The zero-order valence-electron chi connectivity index (χ0n) is 12.7. The van der Waals surface area contributed by atoms with E-state index in [1.807, 2.05) is 19.9 Å². The molecule has 2 aliphatic heterocycles. The Morgan fingerprint density at radius 3 is 2.68 bits per heavy atom. The van der Waals surface area contributed by atoms with E-state index in [1.54, 1.807) is 13.0 Å². The Bertz CT molecular complexity index is 762. The second kappa shape index (κ2) is 4.78. The Kier molecular flexibility index (Phi) is 3.25. The van der Waals surface area contributed by atoms with Crippen LogP contribution in [0, 0.1) is 13.8 Å². The van der Waals surface area contributed by atoms with Gasteiger partial charge in [-0.05, 0) is 60.8 Å². The van der Waals surface area contributed by atoms with Crippen LogP contribution in [0.2, 0.25) is 0 Å². The molecular formula is C16H16BrNO4. The minimum Gasteiger partial charge on any atom is -0.512 e. The van der Waals surface area contributed by atoms with Gasteiger partial charge in [0.15, 0.2) is 5.75 Å². The number of carbonyl (C=O) groups excluding carboxylic acids is 1. The zero-order valence-corrected chi connectivity index (χ0v) is 14.3. The van der Waals surface area contributed by atoms with E-state index in [4.69, 9.17) is 9.47 Å². The van der Waals surface area contributed by atoms with Crippen LogP contribution in [-0.2, 0) is 9.53 Å². The van der Waals surface area contributed by atoms with Crippen molar-refractivity contribution in [3.63, 3.8) is 0 Å². The third-order valence-electron chi connectivity index (χ3n) is 3.91. The highest BCUT2D eigenvalue weighted by atomic mass is 79.9. The Labute approximate surface area is 136 Å². The number of cyclic esters (lactones) is 1. The maximum atomic E-state index is 12.2. The lowest BCUT2D eigenvalue weighted by molar-refractivity contribution is -0.138. The monoisotopic (exact) mass is 365 g/mol. The zero-order chi connectivity index (χ0) is 16.2. The van der Waals surface area contributed by atoms with Crippen LogP contribution in [0.3, 0.4) is 0 Å². The maximum Gasteiger partial charge on any atom is 0.349 e. The summed E-state index contributed by atoms with van der Waals surface area (Å²) in [6.45, 7) is 7.09. The number of rotatable bonds is 0. The number of nitrogens with one attached hydrogen (secondary N) is 1. The number of aliphatic hydroxyl groups excluding tert-OH is 1. The quantitative estimate of drug-likeness (QED) is 0.415. The van der Waals surface area contributed by atoms with Gasteiger partial charge in [-0.15, -0.1) is 0 Å². The van der Waals surface area contributed by atoms with Gasteiger partial charge in [0.2, 0.25) is 5.72 Å². The number of aliphatic hydroxyl groups is 1. The van der Waals surface area contributed by atoms with Crippen LogP contribution in [0.25, 0.3) is 0 Å². The number of anilines is 1. The van der Waals surface area contributed by atoms with Crippen LogP contribution in [0.5, 0.6) is 5.75 Å². The highest BCUT2D eigenvalue weighted by Crippen LogP contribution is 2.49. The third kappa shape index (κ3) is 2.01. The summed E-state index contributed by atoms with van der Waals surface area (Å²) in [5.41, 5.74) is 1.71. The lowest BCUT2D eigenvalue weighted by atomic mass is 9.98. The number of allylic oxidation sites excluding steroid dienone is 2. The molecule has 1 unspecified atom stereocenters. The normalized spacial score (nSPS) is 25.1. The van der Waals surface area contributed by atoms with Crippen molar-refractivity contribution in [2.45, 2.75) is 33.4 Å². The van der Waals surface area contributed by atoms with Crippen molar-refractivity contribution in [2.75, 3.05) is 5.32 Å². The van der Waals surface area contributed by atoms with E-state index in [2.05, 4.69) is 21.2 Å². The number of ether oxygens (including phenoxy) is 2. The summed E-state index contributed by atoms with van der Waals surface area (Å²) in [6, 6.07) is 1.96. The lowest BCUT2D eigenvalue weighted by Crippen LogP contribution is -2.47. The van der Waals surface area contributed by atoms with Gasteiger partial charge in [0.25, 0.3) is 0 Å². The highest BCUT2D eigenvalue weighted by Gasteiger charge is 2.50. The molecule has 0 saturated heterocycles. The molecule has 0 aliphatic carbocycles. The number of halogens is 1. The molecule has 1 spiro atoms. The van der Waals surface area contributed by atoms with Gasteiger partial charge in [-0.3, -0.25) is 0 Å². The van der Waals surface area contributed by atoms with Crippen LogP contribution in [0.1, 0.15) is 25.0 Å². The van der Waals surface area contributed by atoms with Crippen molar-refractivity contribution in [2.24, 2.45) is 0 Å². The average molecular weight is 366 g/mol. The van der Waals surface area contributed by atoms with Crippen LogP contribution >= 0.6 is 15.9 Å². The van der Waals surface area contributed by atoms with E-state index in [-0.39, 0.29) is 11.3 Å². The number of fused-ring (bicyclic) bond motifs is 1. The summed E-state index contributed by atoms with van der Waals surface area (Å²) in [5, 5.41) is 13.1. The van der Waals surface area contributed by atoms with Crippen molar-refractivity contribution in [3.05, 3.63) is 44.8 Å². The summed E-state index contributed by atoms with van der Waals surface area (Å²) in [7, 11) is 0. The number of benzene rings is 1. The first-order valence-electron chi connectivity index (χ1n) is 6.84. The fourth-order valence-corrected chi connectivity index (χ4v) is 3.37. The molecule has 0 amide bonds. The number of hydrogen-bond donors (Lipinski definition) is 2. The van der Waals surface area contributed by atoms with Crippen molar-refractivity contribution in [1.29, 1.82) is 0 Å². The Hall–Kier alpha value is -1.95. The molecule has 0 fully saturated rings. The fraction of sp³-hybridized carbons (Fsp3) is 0.312. The molecule has 1 atom stereocenters. The number of esters is 1. The number of carbonyl (C=O) groups is 1. The molecular weight excluding hydrogens is 350 g/mol. The molecule has 1 aromatic rings. The molecule has 0 saturated carbocycles. The first kappa shape index (κ1) is 15.0. The van der Waals surface area contributed by atoms with Gasteiger partial charge in [0.05, 0.1) is 10.2 Å². The van der Waals surface area contributed by atoms with Crippen molar-refractivity contribution in [1.82, 2.24) is 0 Å². The van der Waals surface area contributed by atoms with Gasteiger partial charge in [0, 0.05) is 6.08 Å².